The van der Waals surface area contributed by atoms with Gasteiger partial charge in [0.2, 0.25) is 5.91 Å². The van der Waals surface area contributed by atoms with Crippen molar-refractivity contribution in [2.24, 2.45) is 0 Å². The highest BCUT2D eigenvalue weighted by Gasteiger charge is 2.38. The number of carboxylic acid groups (broad SMARTS) is 4. The van der Waals surface area contributed by atoms with Crippen molar-refractivity contribution < 1.29 is 67.0 Å². The van der Waals surface area contributed by atoms with Crippen LogP contribution in [0.3, 0.4) is 0 Å². The van der Waals surface area contributed by atoms with E-state index in [0.29, 0.717) is 0 Å². The normalized spacial score (nSPS) is 11.7. The van der Waals surface area contributed by atoms with E-state index in [9.17, 15) is 52.2 Å². The number of methoxy groups -OCH3 is 2. The number of hydrogen-bond acceptors (Lipinski definition) is 11. The third kappa shape index (κ3) is 11.2. The Hall–Kier alpha value is -4.95. The van der Waals surface area contributed by atoms with Gasteiger partial charge >= 0.3 is 30.1 Å². The van der Waals surface area contributed by atoms with Gasteiger partial charge in [-0.3, -0.25) is 43.5 Å². The number of carbonyl (C=O) groups excluding carboxylic acids is 1. The number of anilines is 1. The second-order valence-electron chi connectivity index (χ2n) is 9.78. The number of rotatable bonds is 19. The van der Waals surface area contributed by atoms with Gasteiger partial charge in [0, 0.05) is 37.6 Å². The molecule has 1 amide bonds. The van der Waals surface area contributed by atoms with Crippen LogP contribution in [0.2, 0.25) is 0 Å². The Balaban J connectivity index is 2.31. The van der Waals surface area contributed by atoms with Gasteiger partial charge in [0.1, 0.15) is 5.69 Å². The average Bonchev–Trinajstić information content (AvgIpc) is 2.92. The summed E-state index contributed by atoms with van der Waals surface area (Å²) >= 11 is 0. The van der Waals surface area contributed by atoms with E-state index < -0.39 is 90.9 Å². The summed E-state index contributed by atoms with van der Waals surface area (Å²) in [6, 6.07) is 2.07. The molecule has 0 bridgehead atoms. The summed E-state index contributed by atoms with van der Waals surface area (Å²) in [5, 5.41) is 37.9. The van der Waals surface area contributed by atoms with E-state index in [1.165, 1.54) is 19.1 Å². The highest BCUT2D eigenvalue weighted by Crippen LogP contribution is 2.41. The van der Waals surface area contributed by atoms with E-state index in [-0.39, 0.29) is 43.2 Å². The molecule has 1 heterocycles. The summed E-state index contributed by atoms with van der Waals surface area (Å²) in [5.74, 6) is -6.70. The van der Waals surface area contributed by atoms with Gasteiger partial charge in [-0.25, -0.2) is 0 Å². The fourth-order valence-electron chi connectivity index (χ4n) is 4.45. The number of amides is 1. The summed E-state index contributed by atoms with van der Waals surface area (Å²) in [7, 11) is 2.42. The van der Waals surface area contributed by atoms with Crippen LogP contribution in [-0.4, -0.2) is 143 Å². The lowest BCUT2D eigenvalue weighted by molar-refractivity contribution is -0.143. The van der Waals surface area contributed by atoms with Gasteiger partial charge in [-0.15, -0.1) is 0 Å². The zero-order valence-corrected chi connectivity index (χ0v) is 24.5. The molecule has 0 aliphatic carbocycles. The van der Waals surface area contributed by atoms with Crippen LogP contribution in [0.4, 0.5) is 18.9 Å². The highest BCUT2D eigenvalue weighted by molar-refractivity contribution is 5.97. The number of carboxylic acids is 4. The van der Waals surface area contributed by atoms with Gasteiger partial charge in [0.15, 0.2) is 11.5 Å². The lowest BCUT2D eigenvalue weighted by Crippen LogP contribution is -2.46. The van der Waals surface area contributed by atoms with Crippen LogP contribution in [0.5, 0.6) is 11.5 Å². The lowest BCUT2D eigenvalue weighted by atomic mass is 10.1. The van der Waals surface area contributed by atoms with Gasteiger partial charge in [-0.1, -0.05) is 0 Å². The molecule has 0 aliphatic heterocycles. The fourth-order valence-corrected chi connectivity index (χ4v) is 4.45. The van der Waals surface area contributed by atoms with E-state index in [0.717, 1.165) is 21.9 Å². The predicted molar refractivity (Wildman–Crippen MR) is 151 cm³/mol. The molecule has 2 rings (SSSR count). The van der Waals surface area contributed by atoms with Gasteiger partial charge in [-0.2, -0.15) is 13.2 Å². The minimum Gasteiger partial charge on any atom is -0.493 e. The van der Waals surface area contributed by atoms with Gasteiger partial charge in [0.25, 0.3) is 5.56 Å². The Morgan fingerprint density at radius 1 is 0.739 bits per heavy atom. The molecule has 0 spiro atoms. The Morgan fingerprint density at radius 3 is 1.59 bits per heavy atom. The van der Waals surface area contributed by atoms with Crippen molar-refractivity contribution in [3.05, 3.63) is 28.0 Å². The Kier molecular flexibility index (Phi) is 13.3. The van der Waals surface area contributed by atoms with Crippen LogP contribution >= 0.6 is 0 Å². The van der Waals surface area contributed by atoms with Crippen molar-refractivity contribution in [1.82, 2.24) is 19.7 Å². The summed E-state index contributed by atoms with van der Waals surface area (Å²) < 4.78 is 52.9. The van der Waals surface area contributed by atoms with Crippen LogP contribution < -0.4 is 20.3 Å². The number of aromatic nitrogens is 1. The fraction of sp³-hybridized carbons (Fsp3) is 0.462. The topological polar surface area (TPSA) is 239 Å². The summed E-state index contributed by atoms with van der Waals surface area (Å²) in [5.41, 5.74) is -4.24. The Morgan fingerprint density at radius 2 is 1.15 bits per heavy atom. The van der Waals surface area contributed by atoms with E-state index in [1.807, 2.05) is 5.32 Å². The molecule has 254 valence electrons. The van der Waals surface area contributed by atoms with Gasteiger partial charge in [0.05, 0.1) is 58.0 Å². The van der Waals surface area contributed by atoms with E-state index in [1.54, 1.807) is 0 Å². The minimum atomic E-state index is -5.15. The third-order valence-corrected chi connectivity index (χ3v) is 6.33. The number of fused-ring (bicyclic) bond motifs is 1. The van der Waals surface area contributed by atoms with Crippen molar-refractivity contribution in [2.45, 2.75) is 6.18 Å². The summed E-state index contributed by atoms with van der Waals surface area (Å²) in [6.45, 7) is -4.51. The maximum absolute atomic E-state index is 14.3. The minimum absolute atomic E-state index is 0.0216. The average molecular weight is 664 g/mol. The van der Waals surface area contributed by atoms with Crippen LogP contribution in [0.15, 0.2) is 16.9 Å². The number of aliphatic carboxylic acids is 4. The molecular weight excluding hydrogens is 631 g/mol. The first-order valence-corrected chi connectivity index (χ1v) is 13.2. The SMILES string of the molecule is COc1cc2[nH]c(=O)c(NC(=O)CN(CCN(CCN(CC(=O)O)CC(=O)O)CC(=O)O)CC(=O)O)c(C(F)(F)F)c2cc1OC. The molecular formula is C26H32F3N5O12. The number of carbonyl (C=O) groups is 5. The molecule has 1 aromatic carbocycles. The van der Waals surface area contributed by atoms with Gasteiger partial charge in [-0.05, 0) is 6.07 Å². The molecule has 0 aliphatic rings. The van der Waals surface area contributed by atoms with Crippen LogP contribution in [0.1, 0.15) is 5.56 Å². The zero-order chi connectivity index (χ0) is 34.8. The van der Waals surface area contributed by atoms with Crippen molar-refractivity contribution in [3.63, 3.8) is 0 Å². The van der Waals surface area contributed by atoms with Crippen molar-refractivity contribution in [2.75, 3.05) is 78.4 Å². The van der Waals surface area contributed by atoms with E-state index in [2.05, 4.69) is 4.98 Å². The number of pyridine rings is 1. The molecule has 20 heteroatoms. The van der Waals surface area contributed by atoms with Crippen molar-refractivity contribution in [3.8, 4) is 11.5 Å². The first kappa shape index (κ1) is 37.2. The first-order valence-electron chi connectivity index (χ1n) is 13.2. The van der Waals surface area contributed by atoms with Crippen LogP contribution in [0.25, 0.3) is 10.9 Å². The molecule has 17 nitrogen and oxygen atoms in total. The lowest BCUT2D eigenvalue weighted by Gasteiger charge is -2.27. The molecule has 0 saturated carbocycles. The van der Waals surface area contributed by atoms with E-state index in [4.69, 9.17) is 19.7 Å². The largest absolute Gasteiger partial charge is 0.493 e. The Bertz CT molecular complexity index is 1500. The van der Waals surface area contributed by atoms with Crippen molar-refractivity contribution >= 4 is 46.4 Å². The number of H-pyrrole nitrogens is 1. The summed E-state index contributed by atoms with van der Waals surface area (Å²) in [4.78, 5) is 76.0. The summed E-state index contributed by atoms with van der Waals surface area (Å²) in [6.07, 6.45) is -5.15. The van der Waals surface area contributed by atoms with Crippen molar-refractivity contribution in [1.29, 1.82) is 0 Å². The van der Waals surface area contributed by atoms with Crippen LogP contribution in [0, 0.1) is 0 Å². The first-order chi connectivity index (χ1) is 21.4. The molecule has 0 saturated heterocycles. The molecule has 0 fully saturated rings. The maximum atomic E-state index is 14.3. The van der Waals surface area contributed by atoms with Gasteiger partial charge < -0.3 is 40.2 Å². The molecule has 1 aromatic heterocycles. The monoisotopic (exact) mass is 663 g/mol. The number of halogens is 3. The maximum Gasteiger partial charge on any atom is 0.419 e. The number of benzene rings is 1. The number of aromatic amines is 1. The quantitative estimate of drug-likeness (QED) is 0.114. The molecule has 0 atom stereocenters. The van der Waals surface area contributed by atoms with E-state index >= 15 is 0 Å². The second kappa shape index (κ2) is 16.4. The standard InChI is InChI=1S/C26H32F3N5O12/c1-45-16-7-14-15(8-17(16)46-2)30-25(44)24(23(14)26(27,28)29)31-18(35)9-33(11-20(38)39)5-3-32(10-19(36)37)4-6-34(12-21(40)41)13-22(42)43/h7-8H,3-6,9-13H2,1-2H3,(H,30,44)(H,31,35)(H,36,37)(H,38,39)(H,40,41)(H,42,43). The number of nitrogens with zero attached hydrogens (tertiary/aromatic N) is 3. The number of hydrogen-bond donors (Lipinski definition) is 6. The number of ether oxygens (including phenoxy) is 2. The Labute approximate surface area is 257 Å². The number of alkyl halides is 3. The predicted octanol–water partition coefficient (Wildman–Crippen LogP) is -0.253. The molecule has 2 aromatic rings. The highest BCUT2D eigenvalue weighted by atomic mass is 19.4. The molecule has 0 unspecified atom stereocenters. The molecule has 6 N–H and O–H groups in total. The second-order valence-corrected chi connectivity index (χ2v) is 9.78. The number of nitrogens with one attached hydrogen (secondary N) is 2. The zero-order valence-electron chi connectivity index (χ0n) is 24.5. The van der Waals surface area contributed by atoms with Crippen LogP contribution in [-0.2, 0) is 30.1 Å². The molecule has 46 heavy (non-hydrogen) atoms. The third-order valence-electron chi connectivity index (χ3n) is 6.33. The molecule has 0 radical (unpaired) electrons. The smallest absolute Gasteiger partial charge is 0.419 e.